The van der Waals surface area contributed by atoms with Crippen LogP contribution in [0.4, 0.5) is 11.5 Å². The van der Waals surface area contributed by atoms with Crippen molar-refractivity contribution in [3.63, 3.8) is 0 Å². The Morgan fingerprint density at radius 3 is 2.50 bits per heavy atom. The third-order valence-corrected chi connectivity index (χ3v) is 7.03. The minimum absolute atomic E-state index is 0.138. The predicted octanol–water partition coefficient (Wildman–Crippen LogP) is 5.26. The summed E-state index contributed by atoms with van der Waals surface area (Å²) in [4.78, 5) is 18.9. The molecular formula is C21H20Cl3N3O. The van der Waals surface area contributed by atoms with Crippen molar-refractivity contribution in [2.45, 2.75) is 35.0 Å². The van der Waals surface area contributed by atoms with E-state index in [1.54, 1.807) is 6.20 Å². The summed E-state index contributed by atoms with van der Waals surface area (Å²) < 4.78 is -0.709. The first-order valence-electron chi connectivity index (χ1n) is 9.11. The largest absolute Gasteiger partial charge is 0.336 e. The molecule has 146 valence electrons. The van der Waals surface area contributed by atoms with Gasteiger partial charge in [0.15, 0.2) is 0 Å². The Bertz CT molecular complexity index is 914. The van der Waals surface area contributed by atoms with E-state index in [0.29, 0.717) is 18.5 Å². The van der Waals surface area contributed by atoms with Crippen LogP contribution in [-0.2, 0) is 10.2 Å². The van der Waals surface area contributed by atoms with Crippen LogP contribution in [0.15, 0.2) is 60.3 Å². The molecule has 2 atom stereocenters. The zero-order valence-electron chi connectivity index (χ0n) is 15.3. The fourth-order valence-electron chi connectivity index (χ4n) is 3.49. The van der Waals surface area contributed by atoms with Crippen LogP contribution in [-0.4, -0.2) is 27.3 Å². The SMILES string of the molecule is CC1(c2ccc(NC(=O)C3=CCN(c4ccccn4)C(Cl)C3)cc2)CC1(Cl)Cl. The number of hydrogen-bond acceptors (Lipinski definition) is 3. The molecule has 2 heterocycles. The number of carbonyl (C=O) groups excluding carboxylic acids is 1. The van der Waals surface area contributed by atoms with Gasteiger partial charge in [-0.2, -0.15) is 0 Å². The molecule has 1 aromatic heterocycles. The molecular weight excluding hydrogens is 417 g/mol. The summed E-state index contributed by atoms with van der Waals surface area (Å²) in [5, 5.41) is 2.94. The maximum atomic E-state index is 12.6. The third-order valence-electron chi connectivity index (χ3n) is 5.53. The highest BCUT2D eigenvalue weighted by atomic mass is 35.5. The Balaban J connectivity index is 1.41. The number of amides is 1. The van der Waals surface area contributed by atoms with Gasteiger partial charge in [-0.25, -0.2) is 4.98 Å². The summed E-state index contributed by atoms with van der Waals surface area (Å²) in [7, 11) is 0. The van der Waals surface area contributed by atoms with Crippen LogP contribution in [0.5, 0.6) is 0 Å². The highest BCUT2D eigenvalue weighted by Gasteiger charge is 2.63. The lowest BCUT2D eigenvalue weighted by atomic mass is 9.98. The summed E-state index contributed by atoms with van der Waals surface area (Å²) in [6.07, 6.45) is 4.81. The molecule has 0 bridgehead atoms. The molecule has 1 aliphatic heterocycles. The summed E-state index contributed by atoms with van der Waals surface area (Å²) in [5.74, 6) is 0.665. The van der Waals surface area contributed by atoms with Gasteiger partial charge in [-0.05, 0) is 36.2 Å². The van der Waals surface area contributed by atoms with E-state index in [2.05, 4.69) is 10.3 Å². The number of anilines is 2. The van der Waals surface area contributed by atoms with Crippen molar-refractivity contribution in [2.75, 3.05) is 16.8 Å². The standard InChI is InChI=1S/C21H20Cl3N3O/c1-20(13-21(20,23)24)15-5-7-16(8-6-15)26-19(28)14-9-11-27(17(22)12-14)18-4-2-3-10-25-18/h2-10,17H,11-13H2,1H3,(H,26,28). The molecule has 4 rings (SSSR count). The summed E-state index contributed by atoms with van der Waals surface area (Å²) >= 11 is 19.0. The van der Waals surface area contributed by atoms with Crippen LogP contribution in [0.25, 0.3) is 0 Å². The van der Waals surface area contributed by atoms with Gasteiger partial charge in [0.25, 0.3) is 5.91 Å². The number of nitrogens with one attached hydrogen (secondary N) is 1. The fraction of sp³-hybridized carbons (Fsp3) is 0.333. The molecule has 0 radical (unpaired) electrons. The molecule has 28 heavy (non-hydrogen) atoms. The highest BCUT2D eigenvalue weighted by molar-refractivity contribution is 6.52. The normalized spacial score (nSPS) is 25.8. The number of alkyl halides is 3. The van der Waals surface area contributed by atoms with Gasteiger partial charge in [-0.15, -0.1) is 23.2 Å². The lowest BCUT2D eigenvalue weighted by Gasteiger charge is -2.31. The number of benzene rings is 1. The van der Waals surface area contributed by atoms with Gasteiger partial charge in [0.05, 0.1) is 0 Å². The van der Waals surface area contributed by atoms with Gasteiger partial charge in [-0.1, -0.05) is 42.8 Å². The van der Waals surface area contributed by atoms with Crippen LogP contribution in [0.1, 0.15) is 25.3 Å². The van der Waals surface area contributed by atoms with Gasteiger partial charge in [0.2, 0.25) is 0 Å². The molecule has 1 aromatic carbocycles. The van der Waals surface area contributed by atoms with E-state index in [1.165, 1.54) is 0 Å². The molecule has 0 saturated heterocycles. The second-order valence-electron chi connectivity index (χ2n) is 7.45. The summed E-state index contributed by atoms with van der Waals surface area (Å²) in [6.45, 7) is 2.58. The fourth-order valence-corrected chi connectivity index (χ4v) is 4.59. The predicted molar refractivity (Wildman–Crippen MR) is 115 cm³/mol. The van der Waals surface area contributed by atoms with Crippen molar-refractivity contribution in [3.05, 3.63) is 65.9 Å². The van der Waals surface area contributed by atoms with E-state index in [1.807, 2.05) is 60.4 Å². The van der Waals surface area contributed by atoms with Crippen molar-refractivity contribution in [1.82, 2.24) is 4.98 Å². The lowest BCUT2D eigenvalue weighted by molar-refractivity contribution is -0.113. The first-order valence-corrected chi connectivity index (χ1v) is 10.3. The molecule has 1 amide bonds. The van der Waals surface area contributed by atoms with Crippen molar-refractivity contribution in [1.29, 1.82) is 0 Å². The number of rotatable bonds is 4. The van der Waals surface area contributed by atoms with Crippen LogP contribution in [0, 0.1) is 0 Å². The zero-order valence-corrected chi connectivity index (χ0v) is 17.6. The molecule has 7 heteroatoms. The topological polar surface area (TPSA) is 45.2 Å². The zero-order chi connectivity index (χ0) is 19.9. The molecule has 2 aliphatic rings. The smallest absolute Gasteiger partial charge is 0.251 e. The van der Waals surface area contributed by atoms with E-state index in [4.69, 9.17) is 34.8 Å². The van der Waals surface area contributed by atoms with Crippen molar-refractivity contribution in [3.8, 4) is 0 Å². The Morgan fingerprint density at radius 1 is 1.21 bits per heavy atom. The quantitative estimate of drug-likeness (QED) is 0.525. The minimum Gasteiger partial charge on any atom is -0.336 e. The summed E-state index contributed by atoms with van der Waals surface area (Å²) in [6, 6.07) is 13.4. The van der Waals surface area contributed by atoms with Gasteiger partial charge >= 0.3 is 0 Å². The second kappa shape index (κ2) is 7.25. The molecule has 1 fully saturated rings. The monoisotopic (exact) mass is 435 g/mol. The number of pyridine rings is 1. The van der Waals surface area contributed by atoms with Crippen LogP contribution >= 0.6 is 34.8 Å². The molecule has 4 nitrogen and oxygen atoms in total. The number of aromatic nitrogens is 1. The Labute approximate surface area is 179 Å². The average Bonchev–Trinajstić information content (AvgIpc) is 3.21. The molecule has 1 saturated carbocycles. The number of hydrogen-bond donors (Lipinski definition) is 1. The molecule has 2 aromatic rings. The van der Waals surface area contributed by atoms with Gasteiger partial charge in [0, 0.05) is 35.8 Å². The third kappa shape index (κ3) is 3.61. The minimum atomic E-state index is -0.709. The van der Waals surface area contributed by atoms with Crippen LogP contribution in [0.2, 0.25) is 0 Å². The van der Waals surface area contributed by atoms with Crippen molar-refractivity contribution in [2.24, 2.45) is 0 Å². The summed E-state index contributed by atoms with van der Waals surface area (Å²) in [5.41, 5.74) is 1.92. The van der Waals surface area contributed by atoms with E-state index < -0.39 is 4.33 Å². The number of halogens is 3. The Hall–Kier alpha value is -1.75. The average molecular weight is 437 g/mol. The van der Waals surface area contributed by atoms with Gasteiger partial charge in [0.1, 0.15) is 15.7 Å². The first kappa shape index (κ1) is 19.6. The van der Waals surface area contributed by atoms with E-state index in [-0.39, 0.29) is 16.8 Å². The van der Waals surface area contributed by atoms with E-state index >= 15 is 0 Å². The maximum absolute atomic E-state index is 12.6. The van der Waals surface area contributed by atoms with Crippen molar-refractivity contribution < 1.29 is 4.79 Å². The Morgan fingerprint density at radius 2 is 1.93 bits per heavy atom. The number of nitrogens with zero attached hydrogens (tertiary/aromatic N) is 2. The number of carbonyl (C=O) groups is 1. The second-order valence-corrected chi connectivity index (χ2v) is 9.44. The Kier molecular flexibility index (Phi) is 5.07. The van der Waals surface area contributed by atoms with Crippen LogP contribution < -0.4 is 10.2 Å². The lowest BCUT2D eigenvalue weighted by Crippen LogP contribution is -2.37. The van der Waals surface area contributed by atoms with Crippen LogP contribution in [0.3, 0.4) is 0 Å². The van der Waals surface area contributed by atoms with E-state index in [0.717, 1.165) is 23.5 Å². The molecule has 1 aliphatic carbocycles. The highest BCUT2D eigenvalue weighted by Crippen LogP contribution is 2.64. The van der Waals surface area contributed by atoms with Crippen molar-refractivity contribution >= 4 is 52.2 Å². The van der Waals surface area contributed by atoms with Gasteiger partial charge in [-0.3, -0.25) is 4.79 Å². The maximum Gasteiger partial charge on any atom is 0.251 e. The van der Waals surface area contributed by atoms with Gasteiger partial charge < -0.3 is 10.2 Å². The first-order chi connectivity index (χ1) is 13.3. The molecule has 1 N–H and O–H groups in total. The molecule has 0 spiro atoms. The molecule has 2 unspecified atom stereocenters. The van der Waals surface area contributed by atoms with E-state index in [9.17, 15) is 4.79 Å².